The first kappa shape index (κ1) is 7.47. The van der Waals surface area contributed by atoms with E-state index in [9.17, 15) is 4.79 Å². The van der Waals surface area contributed by atoms with Crippen LogP contribution in [0.15, 0.2) is 24.3 Å². The van der Waals surface area contributed by atoms with Crippen molar-refractivity contribution in [2.24, 2.45) is 0 Å². The van der Waals surface area contributed by atoms with Gasteiger partial charge in [0.2, 0.25) is 0 Å². The maximum Gasteiger partial charge on any atom is 0.335 e. The minimum atomic E-state index is -0.964. The molecule has 0 saturated heterocycles. The lowest BCUT2D eigenvalue weighted by Gasteiger charge is -1.94. The summed E-state index contributed by atoms with van der Waals surface area (Å²) in [4.78, 5) is 10.4. The van der Waals surface area contributed by atoms with E-state index in [2.05, 4.69) is 0 Å². The number of hydrogen-bond donors (Lipinski definition) is 2. The molecule has 0 amide bonds. The van der Waals surface area contributed by atoms with Crippen molar-refractivity contribution in [2.45, 2.75) is 0 Å². The van der Waals surface area contributed by atoms with Crippen LogP contribution in [0.4, 0.5) is 0 Å². The second-order valence-corrected chi connectivity index (χ2v) is 2.07. The van der Waals surface area contributed by atoms with Crippen molar-refractivity contribution in [3.8, 4) is 0 Å². The van der Waals surface area contributed by atoms with E-state index >= 15 is 0 Å². The van der Waals surface area contributed by atoms with Gasteiger partial charge in [-0.3, -0.25) is 0 Å². The molecule has 0 aliphatic carbocycles. The summed E-state index contributed by atoms with van der Waals surface area (Å²) in [6.45, 7) is 0. The molecule has 1 aromatic rings. The average Bonchev–Trinajstić information content (AvgIpc) is 2.05. The Balaban J connectivity index is 3.10. The van der Waals surface area contributed by atoms with Gasteiger partial charge in [-0.1, -0.05) is 12.1 Å². The van der Waals surface area contributed by atoms with E-state index in [1.807, 2.05) is 0 Å². The Bertz CT molecular complexity index is 294. The van der Waals surface area contributed by atoms with Crippen molar-refractivity contribution in [1.82, 2.24) is 0 Å². The summed E-state index contributed by atoms with van der Waals surface area (Å²) in [5, 5.41) is 15.4. The van der Waals surface area contributed by atoms with E-state index in [0.717, 1.165) is 6.21 Å². The summed E-state index contributed by atoms with van der Waals surface area (Å²) < 4.78 is 0. The molecule has 0 aliphatic rings. The van der Waals surface area contributed by atoms with Crippen LogP contribution in [0, 0.1) is 5.41 Å². The molecule has 0 atom stereocenters. The zero-order chi connectivity index (χ0) is 8.27. The first-order valence-electron chi connectivity index (χ1n) is 3.08. The van der Waals surface area contributed by atoms with E-state index in [0.29, 0.717) is 5.56 Å². The lowest BCUT2D eigenvalue weighted by Crippen LogP contribution is -1.96. The molecule has 2 N–H and O–H groups in total. The zero-order valence-corrected chi connectivity index (χ0v) is 5.74. The van der Waals surface area contributed by atoms with E-state index in [1.165, 1.54) is 12.1 Å². The molecule has 0 spiro atoms. The summed E-state index contributed by atoms with van der Waals surface area (Å²) in [6, 6.07) is 6.24. The van der Waals surface area contributed by atoms with Gasteiger partial charge < -0.3 is 10.5 Å². The summed E-state index contributed by atoms with van der Waals surface area (Å²) in [5.41, 5.74) is 0.816. The molecule has 1 aromatic carbocycles. The predicted molar refractivity (Wildman–Crippen MR) is 41.3 cm³/mol. The van der Waals surface area contributed by atoms with Crippen LogP contribution in [-0.2, 0) is 0 Å². The highest BCUT2D eigenvalue weighted by atomic mass is 16.4. The fourth-order valence-corrected chi connectivity index (χ4v) is 0.761. The number of nitrogens with one attached hydrogen (secondary N) is 1. The third-order valence-corrected chi connectivity index (χ3v) is 1.30. The number of carboxylic acid groups (broad SMARTS) is 1. The van der Waals surface area contributed by atoms with Gasteiger partial charge in [0.1, 0.15) is 0 Å². The number of carboxylic acids is 1. The zero-order valence-electron chi connectivity index (χ0n) is 5.74. The number of carbonyl (C=O) groups is 1. The second-order valence-electron chi connectivity index (χ2n) is 2.07. The third kappa shape index (κ3) is 1.64. The Morgan fingerprint density at radius 1 is 1.55 bits per heavy atom. The Morgan fingerprint density at radius 2 is 2.27 bits per heavy atom. The van der Waals surface area contributed by atoms with Crippen LogP contribution < -0.4 is 0 Å². The second kappa shape index (κ2) is 2.96. The maximum absolute atomic E-state index is 10.4. The maximum atomic E-state index is 10.4. The van der Waals surface area contributed by atoms with Gasteiger partial charge in [0.15, 0.2) is 0 Å². The van der Waals surface area contributed by atoms with Crippen molar-refractivity contribution >= 4 is 12.2 Å². The van der Waals surface area contributed by atoms with Crippen LogP contribution in [0.1, 0.15) is 15.9 Å². The highest BCUT2D eigenvalue weighted by molar-refractivity contribution is 5.90. The Kier molecular flexibility index (Phi) is 2.01. The summed E-state index contributed by atoms with van der Waals surface area (Å²) in [5.74, 6) is -0.964. The van der Waals surface area contributed by atoms with Crippen LogP contribution in [0.25, 0.3) is 0 Å². The highest BCUT2D eigenvalue weighted by Gasteiger charge is 2.00. The molecule has 0 bridgehead atoms. The largest absolute Gasteiger partial charge is 0.478 e. The van der Waals surface area contributed by atoms with E-state index in [1.54, 1.807) is 12.1 Å². The highest BCUT2D eigenvalue weighted by Crippen LogP contribution is 2.02. The standard InChI is InChI=1S/C8H7NO2/c9-5-6-2-1-3-7(4-6)8(10)11/h1-5,9H,(H,10,11). The smallest absolute Gasteiger partial charge is 0.335 e. The lowest BCUT2D eigenvalue weighted by molar-refractivity contribution is 0.0697. The number of hydrogen-bond acceptors (Lipinski definition) is 2. The quantitative estimate of drug-likeness (QED) is 0.624. The Hall–Kier alpha value is -1.64. The minimum Gasteiger partial charge on any atom is -0.478 e. The normalized spacial score (nSPS) is 9.09. The fourth-order valence-electron chi connectivity index (χ4n) is 0.761. The van der Waals surface area contributed by atoms with Crippen LogP contribution in [0.5, 0.6) is 0 Å². The molecule has 0 unspecified atom stereocenters. The van der Waals surface area contributed by atoms with Crippen LogP contribution >= 0.6 is 0 Å². The predicted octanol–water partition coefficient (Wildman–Crippen LogP) is 1.38. The first-order chi connectivity index (χ1) is 5.24. The van der Waals surface area contributed by atoms with Gasteiger partial charge in [-0.15, -0.1) is 0 Å². The number of rotatable bonds is 2. The van der Waals surface area contributed by atoms with Gasteiger partial charge in [-0.25, -0.2) is 4.79 Å². The molecular weight excluding hydrogens is 142 g/mol. The van der Waals surface area contributed by atoms with E-state index in [4.69, 9.17) is 10.5 Å². The summed E-state index contributed by atoms with van der Waals surface area (Å²) >= 11 is 0. The van der Waals surface area contributed by atoms with Crippen molar-refractivity contribution in [1.29, 1.82) is 5.41 Å². The average molecular weight is 149 g/mol. The molecule has 3 nitrogen and oxygen atoms in total. The minimum absolute atomic E-state index is 0.214. The number of aromatic carboxylic acids is 1. The molecule has 0 heterocycles. The molecule has 0 radical (unpaired) electrons. The fraction of sp³-hybridized carbons (Fsp3) is 0. The molecule has 0 saturated carbocycles. The molecular formula is C8H7NO2. The topological polar surface area (TPSA) is 61.2 Å². The van der Waals surface area contributed by atoms with Crippen molar-refractivity contribution in [3.63, 3.8) is 0 Å². The molecule has 0 aliphatic heterocycles. The molecule has 1 rings (SSSR count). The lowest BCUT2D eigenvalue weighted by atomic mass is 10.1. The SMILES string of the molecule is N=Cc1cccc(C(=O)O)c1. The Morgan fingerprint density at radius 3 is 2.82 bits per heavy atom. The van der Waals surface area contributed by atoms with Gasteiger partial charge in [-0.05, 0) is 17.7 Å². The monoisotopic (exact) mass is 149 g/mol. The summed E-state index contributed by atoms with van der Waals surface area (Å²) in [7, 11) is 0. The van der Waals surface area contributed by atoms with Gasteiger partial charge in [0.25, 0.3) is 0 Å². The molecule has 56 valence electrons. The van der Waals surface area contributed by atoms with Crippen molar-refractivity contribution in [2.75, 3.05) is 0 Å². The molecule has 0 fully saturated rings. The molecule has 11 heavy (non-hydrogen) atoms. The van der Waals surface area contributed by atoms with Gasteiger partial charge in [0, 0.05) is 6.21 Å². The van der Waals surface area contributed by atoms with Crippen LogP contribution in [0.3, 0.4) is 0 Å². The Labute approximate surface area is 63.8 Å². The van der Waals surface area contributed by atoms with Crippen LogP contribution in [0.2, 0.25) is 0 Å². The van der Waals surface area contributed by atoms with Gasteiger partial charge in [-0.2, -0.15) is 0 Å². The van der Waals surface area contributed by atoms with Crippen LogP contribution in [-0.4, -0.2) is 17.3 Å². The van der Waals surface area contributed by atoms with E-state index < -0.39 is 5.97 Å². The first-order valence-corrected chi connectivity index (χ1v) is 3.08. The molecule has 3 heteroatoms. The molecule has 0 aromatic heterocycles. The van der Waals surface area contributed by atoms with Gasteiger partial charge >= 0.3 is 5.97 Å². The number of benzene rings is 1. The third-order valence-electron chi connectivity index (χ3n) is 1.30. The summed E-state index contributed by atoms with van der Waals surface area (Å²) in [6.07, 6.45) is 1.12. The van der Waals surface area contributed by atoms with Crippen molar-refractivity contribution < 1.29 is 9.90 Å². The van der Waals surface area contributed by atoms with Crippen molar-refractivity contribution in [3.05, 3.63) is 35.4 Å². The van der Waals surface area contributed by atoms with Gasteiger partial charge in [0.05, 0.1) is 5.56 Å². The van der Waals surface area contributed by atoms with E-state index in [-0.39, 0.29) is 5.56 Å².